The molecule has 1 aliphatic rings. The molecule has 1 saturated heterocycles. The highest BCUT2D eigenvalue weighted by atomic mass is 79.9. The van der Waals surface area contributed by atoms with Crippen molar-refractivity contribution in [3.05, 3.63) is 33.8 Å². The fourth-order valence-corrected chi connectivity index (χ4v) is 3.46. The van der Waals surface area contributed by atoms with Crippen molar-refractivity contribution in [2.24, 2.45) is 0 Å². The molecular formula is C15H23BrN2. The molecule has 2 nitrogen and oxygen atoms in total. The van der Waals surface area contributed by atoms with Gasteiger partial charge in [0, 0.05) is 36.7 Å². The molecular weight excluding hydrogens is 288 g/mol. The molecule has 1 heterocycles. The van der Waals surface area contributed by atoms with Gasteiger partial charge in [-0.3, -0.25) is 4.90 Å². The number of nitrogens with zero attached hydrogens (tertiary/aromatic N) is 1. The van der Waals surface area contributed by atoms with Crippen molar-refractivity contribution in [1.82, 2.24) is 10.2 Å². The molecule has 100 valence electrons. The van der Waals surface area contributed by atoms with Gasteiger partial charge < -0.3 is 5.32 Å². The molecule has 18 heavy (non-hydrogen) atoms. The molecule has 3 heteroatoms. The zero-order valence-electron chi connectivity index (χ0n) is 11.4. The molecule has 1 aromatic rings. The summed E-state index contributed by atoms with van der Waals surface area (Å²) in [5, 5.41) is 3.43. The zero-order chi connectivity index (χ0) is 13.0. The van der Waals surface area contributed by atoms with Crippen molar-refractivity contribution >= 4 is 15.9 Å². The van der Waals surface area contributed by atoms with E-state index in [-0.39, 0.29) is 0 Å². The summed E-state index contributed by atoms with van der Waals surface area (Å²) in [6, 6.07) is 7.32. The van der Waals surface area contributed by atoms with Gasteiger partial charge in [0.2, 0.25) is 0 Å². The van der Waals surface area contributed by atoms with Gasteiger partial charge in [0.05, 0.1) is 0 Å². The topological polar surface area (TPSA) is 15.3 Å². The van der Waals surface area contributed by atoms with Crippen LogP contribution in [0.25, 0.3) is 0 Å². The summed E-state index contributed by atoms with van der Waals surface area (Å²) < 4.78 is 1.26. The van der Waals surface area contributed by atoms with E-state index in [0.717, 1.165) is 26.2 Å². The first-order valence-corrected chi connectivity index (χ1v) is 7.72. The van der Waals surface area contributed by atoms with Crippen LogP contribution in [0.4, 0.5) is 0 Å². The van der Waals surface area contributed by atoms with Crippen LogP contribution < -0.4 is 5.32 Å². The van der Waals surface area contributed by atoms with Gasteiger partial charge in [0.25, 0.3) is 0 Å². The average molecular weight is 311 g/mol. The van der Waals surface area contributed by atoms with Crippen molar-refractivity contribution in [2.75, 3.05) is 26.2 Å². The molecule has 0 unspecified atom stereocenters. The Kier molecular flexibility index (Phi) is 5.22. The van der Waals surface area contributed by atoms with E-state index >= 15 is 0 Å². The van der Waals surface area contributed by atoms with Gasteiger partial charge in [-0.2, -0.15) is 0 Å². The van der Waals surface area contributed by atoms with Crippen LogP contribution in [0.1, 0.15) is 36.9 Å². The molecule has 1 atom stereocenters. The van der Waals surface area contributed by atoms with Crippen LogP contribution in [0.2, 0.25) is 0 Å². The highest BCUT2D eigenvalue weighted by molar-refractivity contribution is 9.10. The molecule has 1 aliphatic heterocycles. The molecule has 0 aliphatic carbocycles. The maximum absolute atomic E-state index is 3.74. The number of hydrogen-bond acceptors (Lipinski definition) is 2. The Balaban J connectivity index is 2.22. The molecule has 2 rings (SSSR count). The van der Waals surface area contributed by atoms with E-state index in [2.05, 4.69) is 58.2 Å². The van der Waals surface area contributed by atoms with Crippen molar-refractivity contribution in [3.8, 4) is 0 Å². The monoisotopic (exact) mass is 310 g/mol. The molecule has 1 aromatic carbocycles. The lowest BCUT2D eigenvalue weighted by atomic mass is 9.99. The number of benzene rings is 1. The van der Waals surface area contributed by atoms with Crippen LogP contribution in [0, 0.1) is 6.92 Å². The Hall–Kier alpha value is -0.380. The summed E-state index contributed by atoms with van der Waals surface area (Å²) in [4.78, 5) is 2.62. The van der Waals surface area contributed by atoms with Crippen molar-refractivity contribution < 1.29 is 0 Å². The molecule has 0 radical (unpaired) electrons. The Labute approximate surface area is 119 Å². The summed E-state index contributed by atoms with van der Waals surface area (Å²) in [6.07, 6.45) is 2.47. The summed E-state index contributed by atoms with van der Waals surface area (Å²) in [6.45, 7) is 8.97. The third-order valence-corrected chi connectivity index (χ3v) is 4.36. The molecule has 0 aromatic heterocycles. The fraction of sp³-hybridized carbons (Fsp3) is 0.600. The van der Waals surface area contributed by atoms with Crippen molar-refractivity contribution in [2.45, 2.75) is 32.7 Å². The Morgan fingerprint density at radius 1 is 1.33 bits per heavy atom. The minimum absolute atomic E-state index is 0.562. The first-order chi connectivity index (χ1) is 8.72. The summed E-state index contributed by atoms with van der Waals surface area (Å²) in [5.74, 6) is 0. The summed E-state index contributed by atoms with van der Waals surface area (Å²) in [7, 11) is 0. The van der Waals surface area contributed by atoms with Gasteiger partial charge in [-0.15, -0.1) is 0 Å². The highest BCUT2D eigenvalue weighted by Crippen LogP contribution is 2.32. The van der Waals surface area contributed by atoms with Crippen LogP contribution in [0.5, 0.6) is 0 Å². The number of hydrogen-bond donors (Lipinski definition) is 1. The zero-order valence-corrected chi connectivity index (χ0v) is 13.0. The van der Waals surface area contributed by atoms with Gasteiger partial charge in [0.1, 0.15) is 0 Å². The van der Waals surface area contributed by atoms with Gasteiger partial charge in [-0.05, 0) is 30.5 Å². The van der Waals surface area contributed by atoms with E-state index in [9.17, 15) is 0 Å². The van der Waals surface area contributed by atoms with Crippen LogP contribution in [-0.2, 0) is 0 Å². The van der Waals surface area contributed by atoms with Gasteiger partial charge >= 0.3 is 0 Å². The van der Waals surface area contributed by atoms with Gasteiger partial charge in [0.15, 0.2) is 0 Å². The van der Waals surface area contributed by atoms with Gasteiger partial charge in [-0.25, -0.2) is 0 Å². The molecule has 0 spiro atoms. The molecule has 0 bridgehead atoms. The van der Waals surface area contributed by atoms with Crippen LogP contribution >= 0.6 is 15.9 Å². The summed E-state index contributed by atoms with van der Waals surface area (Å²) in [5.41, 5.74) is 2.77. The number of halogens is 1. The SMILES string of the molecule is CCC[C@@H](c1ccc(C)cc1Br)N1CCNCC1. The Morgan fingerprint density at radius 3 is 2.67 bits per heavy atom. The maximum atomic E-state index is 3.74. The normalized spacial score (nSPS) is 18.8. The first-order valence-electron chi connectivity index (χ1n) is 6.93. The first kappa shape index (κ1) is 14.0. The van der Waals surface area contributed by atoms with E-state index < -0.39 is 0 Å². The second-order valence-corrected chi connectivity index (χ2v) is 5.97. The number of rotatable bonds is 4. The minimum atomic E-state index is 0.562. The molecule has 1 fully saturated rings. The van der Waals surface area contributed by atoms with Crippen LogP contribution in [-0.4, -0.2) is 31.1 Å². The summed E-state index contributed by atoms with van der Waals surface area (Å²) >= 11 is 3.74. The highest BCUT2D eigenvalue weighted by Gasteiger charge is 2.22. The predicted molar refractivity (Wildman–Crippen MR) is 81.0 cm³/mol. The maximum Gasteiger partial charge on any atom is 0.0360 e. The third-order valence-electron chi connectivity index (χ3n) is 3.67. The van der Waals surface area contributed by atoms with E-state index in [0.29, 0.717) is 6.04 Å². The number of aryl methyl sites for hydroxylation is 1. The number of piperazine rings is 1. The quantitative estimate of drug-likeness (QED) is 0.915. The molecule has 1 N–H and O–H groups in total. The second kappa shape index (κ2) is 6.69. The number of nitrogens with one attached hydrogen (secondary N) is 1. The minimum Gasteiger partial charge on any atom is -0.314 e. The lowest BCUT2D eigenvalue weighted by Crippen LogP contribution is -2.45. The van der Waals surface area contributed by atoms with Crippen molar-refractivity contribution in [3.63, 3.8) is 0 Å². The Bertz CT molecular complexity index is 386. The fourth-order valence-electron chi connectivity index (χ4n) is 2.70. The van der Waals surface area contributed by atoms with E-state index in [4.69, 9.17) is 0 Å². The van der Waals surface area contributed by atoms with Crippen LogP contribution in [0.15, 0.2) is 22.7 Å². The third kappa shape index (κ3) is 3.34. The van der Waals surface area contributed by atoms with Crippen molar-refractivity contribution in [1.29, 1.82) is 0 Å². The van der Waals surface area contributed by atoms with E-state index in [1.165, 1.54) is 28.4 Å². The largest absolute Gasteiger partial charge is 0.314 e. The smallest absolute Gasteiger partial charge is 0.0360 e. The molecule has 0 amide bonds. The van der Waals surface area contributed by atoms with Gasteiger partial charge in [-0.1, -0.05) is 41.4 Å². The Morgan fingerprint density at radius 2 is 2.06 bits per heavy atom. The second-order valence-electron chi connectivity index (χ2n) is 5.12. The van der Waals surface area contributed by atoms with E-state index in [1.54, 1.807) is 0 Å². The lowest BCUT2D eigenvalue weighted by Gasteiger charge is -2.35. The molecule has 0 saturated carbocycles. The average Bonchev–Trinajstić information content (AvgIpc) is 2.38. The predicted octanol–water partition coefficient (Wildman–Crippen LogP) is 3.50. The standard InChI is InChI=1S/C15H23BrN2/c1-3-4-15(18-9-7-17-8-10-18)13-6-5-12(2)11-14(13)16/h5-6,11,15,17H,3-4,7-10H2,1-2H3/t15-/m0/s1. The van der Waals surface area contributed by atoms with Crippen LogP contribution in [0.3, 0.4) is 0 Å². The lowest BCUT2D eigenvalue weighted by molar-refractivity contribution is 0.164. The van der Waals surface area contributed by atoms with E-state index in [1.807, 2.05) is 0 Å².